The summed E-state index contributed by atoms with van der Waals surface area (Å²) in [6.07, 6.45) is -10.4. The molecular weight excluding hydrogens is 408 g/mol. The number of amides is 1. The number of hydrogen-bond acceptors (Lipinski definition) is 3. The maximum Gasteiger partial charge on any atom is 0.420 e. The Hall–Kier alpha value is -3.24. The lowest BCUT2D eigenvalue weighted by molar-refractivity contribution is -0.145. The molecule has 0 aliphatic rings. The minimum Gasteiger partial charge on any atom is -0.493 e. The van der Waals surface area contributed by atoms with Crippen molar-refractivity contribution in [2.24, 2.45) is 0 Å². The lowest BCUT2D eigenvalue weighted by atomic mass is 10.0. The zero-order valence-corrected chi connectivity index (χ0v) is 14.6. The van der Waals surface area contributed by atoms with Crippen molar-refractivity contribution in [1.29, 1.82) is 0 Å². The molecule has 0 spiro atoms. The van der Waals surface area contributed by atoms with E-state index in [-0.39, 0.29) is 23.4 Å². The fraction of sp³-hybridized carbons (Fsp3) is 0.222. The van der Waals surface area contributed by atoms with Gasteiger partial charge in [0.25, 0.3) is 5.91 Å². The Morgan fingerprint density at radius 1 is 0.931 bits per heavy atom. The molecule has 0 fully saturated rings. The monoisotopic (exact) mass is 421 g/mol. The van der Waals surface area contributed by atoms with E-state index in [0.717, 1.165) is 24.3 Å². The van der Waals surface area contributed by atoms with Crippen LogP contribution in [0.15, 0.2) is 36.4 Å². The van der Waals surface area contributed by atoms with Crippen LogP contribution in [0, 0.1) is 0 Å². The molecule has 2 aromatic rings. The van der Waals surface area contributed by atoms with Crippen molar-refractivity contribution in [3.8, 4) is 5.75 Å². The molecule has 0 atom stereocenters. The van der Waals surface area contributed by atoms with Crippen molar-refractivity contribution >= 4 is 17.6 Å². The maximum atomic E-state index is 13.3. The van der Waals surface area contributed by atoms with Crippen molar-refractivity contribution in [2.75, 3.05) is 11.9 Å². The predicted molar refractivity (Wildman–Crippen MR) is 89.0 cm³/mol. The minimum absolute atomic E-state index is 0.0176. The molecule has 1 amide bonds. The number of halogens is 6. The predicted octanol–water partition coefficient (Wildman–Crippen LogP) is 5.07. The van der Waals surface area contributed by atoms with E-state index in [1.165, 1.54) is 6.92 Å². The normalized spacial score (nSPS) is 11.8. The standard InChI is InChI=1S/C18H13F6NO4/c1-2-29-14-12(17(19,20)21)7-10(8-13(14)18(22,23)24)15(26)25-11-5-3-9(4-6-11)16(27)28/h3-8H,2H2,1H3,(H,25,26)(H,27,28). The second kappa shape index (κ2) is 8.02. The first-order valence-corrected chi connectivity index (χ1v) is 7.94. The Morgan fingerprint density at radius 3 is 1.79 bits per heavy atom. The number of carbonyl (C=O) groups excluding carboxylic acids is 1. The third-order valence-electron chi connectivity index (χ3n) is 3.64. The molecule has 0 saturated heterocycles. The molecule has 2 rings (SSSR count). The maximum absolute atomic E-state index is 13.3. The van der Waals surface area contributed by atoms with Gasteiger partial charge in [-0.2, -0.15) is 26.3 Å². The number of benzene rings is 2. The van der Waals surface area contributed by atoms with Gasteiger partial charge in [-0.15, -0.1) is 0 Å². The van der Waals surface area contributed by atoms with Gasteiger partial charge in [-0.3, -0.25) is 4.79 Å². The van der Waals surface area contributed by atoms with Crippen LogP contribution in [0.25, 0.3) is 0 Å². The smallest absolute Gasteiger partial charge is 0.420 e. The first kappa shape index (κ1) is 22.1. The van der Waals surface area contributed by atoms with Gasteiger partial charge in [0.1, 0.15) is 5.75 Å². The highest BCUT2D eigenvalue weighted by atomic mass is 19.4. The Kier molecular flexibility index (Phi) is 6.10. The van der Waals surface area contributed by atoms with Crippen LogP contribution in [-0.4, -0.2) is 23.6 Å². The number of aromatic carboxylic acids is 1. The lowest BCUT2D eigenvalue weighted by Gasteiger charge is -2.20. The number of rotatable bonds is 5. The van der Waals surface area contributed by atoms with Crippen LogP contribution >= 0.6 is 0 Å². The Labute approximate surface area is 159 Å². The van der Waals surface area contributed by atoms with Crippen LogP contribution in [0.1, 0.15) is 38.8 Å². The SMILES string of the molecule is CCOc1c(C(F)(F)F)cc(C(=O)Nc2ccc(C(=O)O)cc2)cc1C(F)(F)F. The second-order valence-corrected chi connectivity index (χ2v) is 5.67. The van der Waals surface area contributed by atoms with E-state index >= 15 is 0 Å². The van der Waals surface area contributed by atoms with E-state index in [1.807, 2.05) is 0 Å². The Morgan fingerprint density at radius 2 is 1.41 bits per heavy atom. The topological polar surface area (TPSA) is 75.6 Å². The lowest BCUT2D eigenvalue weighted by Crippen LogP contribution is -2.19. The van der Waals surface area contributed by atoms with Crippen LogP contribution in [0.5, 0.6) is 5.75 Å². The first-order valence-electron chi connectivity index (χ1n) is 7.94. The van der Waals surface area contributed by atoms with Crippen LogP contribution in [0.2, 0.25) is 0 Å². The number of alkyl halides is 6. The molecule has 156 valence electrons. The molecule has 0 heterocycles. The van der Waals surface area contributed by atoms with E-state index in [1.54, 1.807) is 0 Å². The van der Waals surface area contributed by atoms with Gasteiger partial charge >= 0.3 is 18.3 Å². The summed E-state index contributed by atoms with van der Waals surface area (Å²) >= 11 is 0. The average Bonchev–Trinajstić information content (AvgIpc) is 2.60. The van der Waals surface area contributed by atoms with Gasteiger partial charge in [0.05, 0.1) is 23.3 Å². The highest BCUT2D eigenvalue weighted by molar-refractivity contribution is 6.05. The van der Waals surface area contributed by atoms with Gasteiger partial charge in [0, 0.05) is 11.3 Å². The van der Waals surface area contributed by atoms with Crippen LogP contribution < -0.4 is 10.1 Å². The van der Waals surface area contributed by atoms with Crippen LogP contribution in [0.3, 0.4) is 0 Å². The van der Waals surface area contributed by atoms with E-state index in [0.29, 0.717) is 0 Å². The van der Waals surface area contributed by atoms with Gasteiger partial charge in [-0.25, -0.2) is 4.79 Å². The number of carboxylic acids is 1. The van der Waals surface area contributed by atoms with Gasteiger partial charge in [0.15, 0.2) is 0 Å². The van der Waals surface area contributed by atoms with E-state index in [9.17, 15) is 35.9 Å². The molecule has 0 bridgehead atoms. The minimum atomic E-state index is -5.20. The molecule has 0 aliphatic heterocycles. The quantitative estimate of drug-likeness (QED) is 0.661. The summed E-state index contributed by atoms with van der Waals surface area (Å²) in [5, 5.41) is 10.9. The van der Waals surface area contributed by atoms with E-state index in [4.69, 9.17) is 5.11 Å². The van der Waals surface area contributed by atoms with Crippen molar-refractivity contribution in [1.82, 2.24) is 0 Å². The zero-order valence-electron chi connectivity index (χ0n) is 14.6. The van der Waals surface area contributed by atoms with Gasteiger partial charge in [-0.05, 0) is 43.3 Å². The fourth-order valence-corrected chi connectivity index (χ4v) is 2.38. The molecular formula is C18H13F6NO4. The molecule has 0 unspecified atom stereocenters. The summed E-state index contributed by atoms with van der Waals surface area (Å²) < 4.78 is 84.4. The van der Waals surface area contributed by atoms with Crippen molar-refractivity contribution in [2.45, 2.75) is 19.3 Å². The molecule has 5 nitrogen and oxygen atoms in total. The third kappa shape index (κ3) is 5.18. The summed E-state index contributed by atoms with van der Waals surface area (Å²) in [5.41, 5.74) is -4.50. The molecule has 2 aromatic carbocycles. The largest absolute Gasteiger partial charge is 0.493 e. The summed E-state index contributed by atoms with van der Waals surface area (Å²) in [4.78, 5) is 23.0. The summed E-state index contributed by atoms with van der Waals surface area (Å²) in [7, 11) is 0. The highest BCUT2D eigenvalue weighted by Crippen LogP contribution is 2.45. The van der Waals surface area contributed by atoms with Gasteiger partial charge in [-0.1, -0.05) is 0 Å². The number of carbonyl (C=O) groups is 2. The van der Waals surface area contributed by atoms with Crippen molar-refractivity contribution in [3.63, 3.8) is 0 Å². The molecule has 29 heavy (non-hydrogen) atoms. The van der Waals surface area contributed by atoms with Crippen molar-refractivity contribution < 1.29 is 45.8 Å². The molecule has 0 radical (unpaired) electrons. The second-order valence-electron chi connectivity index (χ2n) is 5.67. The number of ether oxygens (including phenoxy) is 1. The van der Waals surface area contributed by atoms with Crippen molar-refractivity contribution in [3.05, 3.63) is 58.7 Å². The number of nitrogens with one attached hydrogen (secondary N) is 1. The van der Waals surface area contributed by atoms with Crippen LogP contribution in [0.4, 0.5) is 32.0 Å². The zero-order chi connectivity index (χ0) is 22.0. The Balaban J connectivity index is 2.51. The summed E-state index contributed by atoms with van der Waals surface area (Å²) in [5.74, 6) is -3.90. The molecule has 0 saturated carbocycles. The number of carboxylic acid groups (broad SMARTS) is 1. The first-order chi connectivity index (χ1) is 13.3. The van der Waals surface area contributed by atoms with E-state index in [2.05, 4.69) is 10.1 Å². The summed E-state index contributed by atoms with van der Waals surface area (Å²) in [6, 6.07) is 5.04. The molecule has 0 aromatic heterocycles. The Bertz CT molecular complexity index is 884. The van der Waals surface area contributed by atoms with Gasteiger partial charge in [0.2, 0.25) is 0 Å². The number of anilines is 1. The average molecular weight is 421 g/mol. The molecule has 11 heteroatoms. The van der Waals surface area contributed by atoms with Gasteiger partial charge < -0.3 is 15.2 Å². The fourth-order valence-electron chi connectivity index (χ4n) is 2.38. The molecule has 2 N–H and O–H groups in total. The third-order valence-corrected chi connectivity index (χ3v) is 3.64. The summed E-state index contributed by atoms with van der Waals surface area (Å²) in [6.45, 7) is 0.773. The molecule has 0 aliphatic carbocycles. The number of hydrogen-bond donors (Lipinski definition) is 2. The van der Waals surface area contributed by atoms with Crippen LogP contribution in [-0.2, 0) is 12.4 Å². The van der Waals surface area contributed by atoms with E-state index < -0.39 is 53.3 Å². The highest BCUT2D eigenvalue weighted by Gasteiger charge is 2.43.